The molecule has 0 heterocycles. The van der Waals surface area contributed by atoms with Crippen molar-refractivity contribution in [3.63, 3.8) is 0 Å². The summed E-state index contributed by atoms with van der Waals surface area (Å²) in [4.78, 5) is 0. The minimum atomic E-state index is -0.380. The molecule has 0 aliphatic heterocycles. The van der Waals surface area contributed by atoms with Crippen molar-refractivity contribution in [2.24, 2.45) is 5.92 Å². The lowest BCUT2D eigenvalue weighted by Gasteiger charge is -2.35. The van der Waals surface area contributed by atoms with Crippen LogP contribution in [0.1, 0.15) is 72.6 Å². The van der Waals surface area contributed by atoms with Gasteiger partial charge in [-0.05, 0) is 32.1 Å². The molecule has 1 saturated carbocycles. The summed E-state index contributed by atoms with van der Waals surface area (Å²) in [6.45, 7) is 8.17. The Labute approximate surface area is 89.9 Å². The van der Waals surface area contributed by atoms with E-state index in [0.717, 1.165) is 12.8 Å². The molecule has 0 saturated heterocycles. The van der Waals surface area contributed by atoms with Gasteiger partial charge in [0.2, 0.25) is 0 Å². The van der Waals surface area contributed by atoms with E-state index in [1.165, 1.54) is 32.1 Å². The van der Waals surface area contributed by atoms with Gasteiger partial charge in [-0.2, -0.15) is 0 Å². The molecule has 0 radical (unpaired) electrons. The maximum absolute atomic E-state index is 10.1. The molecule has 0 spiro atoms. The van der Waals surface area contributed by atoms with E-state index in [0.29, 0.717) is 5.92 Å². The first-order chi connectivity index (χ1) is 6.67. The summed E-state index contributed by atoms with van der Waals surface area (Å²) >= 11 is 0. The Morgan fingerprint density at radius 1 is 1.14 bits per heavy atom. The molecule has 1 atom stereocenters. The Kier molecular flexibility index (Phi) is 7.26. The minimum absolute atomic E-state index is 0.380. The first-order valence-electron chi connectivity index (χ1n) is 6.39. The molecule has 1 aliphatic carbocycles. The summed E-state index contributed by atoms with van der Waals surface area (Å²) in [5, 5.41) is 10.1. The molecule has 1 aliphatic rings. The second-order valence-electron chi connectivity index (χ2n) is 4.44. The predicted octanol–water partition coefficient (Wildman–Crippen LogP) is 4.14. The first-order valence-corrected chi connectivity index (χ1v) is 6.39. The highest BCUT2D eigenvalue weighted by atomic mass is 16.3. The standard InChI is InChI=1S/C11H22O.C2H6/c1-3-9-11(2,12)10-7-5-4-6-8-10;1-2/h10,12H,3-9H2,1-2H3;1-2H3. The quantitative estimate of drug-likeness (QED) is 0.726. The molecule has 1 unspecified atom stereocenters. The summed E-state index contributed by atoms with van der Waals surface area (Å²) < 4.78 is 0. The van der Waals surface area contributed by atoms with Gasteiger partial charge in [0.1, 0.15) is 0 Å². The van der Waals surface area contributed by atoms with Gasteiger partial charge in [-0.25, -0.2) is 0 Å². The SMILES string of the molecule is CC.CCCC(C)(O)C1CCCCC1. The van der Waals surface area contributed by atoms with E-state index in [1.54, 1.807) is 0 Å². The van der Waals surface area contributed by atoms with Crippen molar-refractivity contribution >= 4 is 0 Å². The van der Waals surface area contributed by atoms with E-state index >= 15 is 0 Å². The number of aliphatic hydroxyl groups is 1. The van der Waals surface area contributed by atoms with Crippen LogP contribution in [-0.2, 0) is 0 Å². The summed E-state index contributed by atoms with van der Waals surface area (Å²) in [5.74, 6) is 0.575. The van der Waals surface area contributed by atoms with E-state index in [4.69, 9.17) is 0 Å². The second-order valence-corrected chi connectivity index (χ2v) is 4.44. The summed E-state index contributed by atoms with van der Waals surface area (Å²) in [7, 11) is 0. The molecule has 0 aromatic carbocycles. The van der Waals surface area contributed by atoms with Crippen molar-refractivity contribution in [1.29, 1.82) is 0 Å². The fourth-order valence-corrected chi connectivity index (χ4v) is 2.43. The molecule has 1 N–H and O–H groups in total. The molecular weight excluding hydrogens is 172 g/mol. The molecule has 1 rings (SSSR count). The molecule has 14 heavy (non-hydrogen) atoms. The third kappa shape index (κ3) is 4.45. The monoisotopic (exact) mass is 200 g/mol. The molecule has 0 bridgehead atoms. The van der Waals surface area contributed by atoms with Crippen LogP contribution in [0, 0.1) is 5.92 Å². The number of hydrogen-bond donors (Lipinski definition) is 1. The Bertz CT molecular complexity index is 123. The van der Waals surface area contributed by atoms with Crippen molar-refractivity contribution < 1.29 is 5.11 Å². The molecule has 1 nitrogen and oxygen atoms in total. The molecular formula is C13H28O. The second kappa shape index (κ2) is 7.28. The van der Waals surface area contributed by atoms with Crippen molar-refractivity contribution in [2.45, 2.75) is 78.2 Å². The highest BCUT2D eigenvalue weighted by Gasteiger charge is 2.31. The first kappa shape index (κ1) is 14.0. The zero-order chi connectivity index (χ0) is 11.0. The molecule has 0 aromatic heterocycles. The lowest BCUT2D eigenvalue weighted by atomic mass is 9.76. The minimum Gasteiger partial charge on any atom is -0.390 e. The summed E-state index contributed by atoms with van der Waals surface area (Å²) in [6, 6.07) is 0. The third-order valence-corrected chi connectivity index (χ3v) is 3.24. The normalized spacial score (nSPS) is 22.1. The number of hydrogen-bond acceptors (Lipinski definition) is 1. The van der Waals surface area contributed by atoms with Gasteiger partial charge in [0.05, 0.1) is 5.60 Å². The van der Waals surface area contributed by atoms with Gasteiger partial charge in [0, 0.05) is 0 Å². The van der Waals surface area contributed by atoms with E-state index in [-0.39, 0.29) is 5.60 Å². The van der Waals surface area contributed by atoms with Crippen LogP contribution in [0.25, 0.3) is 0 Å². The lowest BCUT2D eigenvalue weighted by molar-refractivity contribution is -0.0239. The van der Waals surface area contributed by atoms with Gasteiger partial charge in [-0.15, -0.1) is 0 Å². The van der Waals surface area contributed by atoms with Crippen LogP contribution in [-0.4, -0.2) is 10.7 Å². The zero-order valence-corrected chi connectivity index (χ0v) is 10.5. The molecule has 0 amide bonds. The highest BCUT2D eigenvalue weighted by Crippen LogP contribution is 2.34. The van der Waals surface area contributed by atoms with Crippen molar-refractivity contribution in [2.75, 3.05) is 0 Å². The van der Waals surface area contributed by atoms with Crippen LogP contribution in [0.2, 0.25) is 0 Å². The predicted molar refractivity (Wildman–Crippen MR) is 63.5 cm³/mol. The molecule has 0 aromatic rings. The molecule has 1 heteroatoms. The van der Waals surface area contributed by atoms with Crippen LogP contribution in [0.15, 0.2) is 0 Å². The summed E-state index contributed by atoms with van der Waals surface area (Å²) in [5.41, 5.74) is -0.380. The van der Waals surface area contributed by atoms with Gasteiger partial charge in [-0.3, -0.25) is 0 Å². The average molecular weight is 200 g/mol. The van der Waals surface area contributed by atoms with Crippen LogP contribution in [0.3, 0.4) is 0 Å². The fraction of sp³-hybridized carbons (Fsp3) is 1.00. The Balaban J connectivity index is 0.000000791. The third-order valence-electron chi connectivity index (χ3n) is 3.24. The maximum atomic E-state index is 10.1. The Morgan fingerprint density at radius 2 is 1.64 bits per heavy atom. The lowest BCUT2D eigenvalue weighted by Crippen LogP contribution is -2.35. The Morgan fingerprint density at radius 3 is 2.07 bits per heavy atom. The van der Waals surface area contributed by atoms with Gasteiger partial charge in [0.15, 0.2) is 0 Å². The Hall–Kier alpha value is -0.0400. The largest absolute Gasteiger partial charge is 0.390 e. The van der Waals surface area contributed by atoms with E-state index in [1.807, 2.05) is 20.8 Å². The molecule has 86 valence electrons. The van der Waals surface area contributed by atoms with Gasteiger partial charge < -0.3 is 5.11 Å². The average Bonchev–Trinajstić information content (AvgIpc) is 2.22. The summed E-state index contributed by atoms with van der Waals surface area (Å²) in [6.07, 6.45) is 8.58. The topological polar surface area (TPSA) is 20.2 Å². The highest BCUT2D eigenvalue weighted by molar-refractivity contribution is 4.83. The fourth-order valence-electron chi connectivity index (χ4n) is 2.43. The molecule has 1 fully saturated rings. The van der Waals surface area contributed by atoms with Crippen LogP contribution in [0.4, 0.5) is 0 Å². The zero-order valence-electron chi connectivity index (χ0n) is 10.5. The van der Waals surface area contributed by atoms with Crippen LogP contribution in [0.5, 0.6) is 0 Å². The van der Waals surface area contributed by atoms with Crippen LogP contribution >= 0.6 is 0 Å². The van der Waals surface area contributed by atoms with Gasteiger partial charge >= 0.3 is 0 Å². The van der Waals surface area contributed by atoms with Gasteiger partial charge in [0.25, 0.3) is 0 Å². The van der Waals surface area contributed by atoms with Crippen molar-refractivity contribution in [3.8, 4) is 0 Å². The number of rotatable bonds is 3. The van der Waals surface area contributed by atoms with Crippen LogP contribution < -0.4 is 0 Å². The smallest absolute Gasteiger partial charge is 0.0647 e. The van der Waals surface area contributed by atoms with E-state index < -0.39 is 0 Å². The van der Waals surface area contributed by atoms with E-state index in [9.17, 15) is 5.11 Å². The van der Waals surface area contributed by atoms with Gasteiger partial charge in [-0.1, -0.05) is 46.5 Å². The van der Waals surface area contributed by atoms with E-state index in [2.05, 4.69) is 6.92 Å². The van der Waals surface area contributed by atoms with Crippen molar-refractivity contribution in [1.82, 2.24) is 0 Å². The van der Waals surface area contributed by atoms with Crippen molar-refractivity contribution in [3.05, 3.63) is 0 Å². The maximum Gasteiger partial charge on any atom is 0.0647 e.